The molecule has 2 N–H and O–H groups in total. The molecule has 3 rings (SSSR count). The van der Waals surface area contributed by atoms with E-state index in [0.717, 1.165) is 0 Å². The Morgan fingerprint density at radius 3 is 2.53 bits per heavy atom. The van der Waals surface area contributed by atoms with Crippen LogP contribution in [0.25, 0.3) is 0 Å². The van der Waals surface area contributed by atoms with Crippen LogP contribution in [0.4, 0.5) is 5.69 Å². The summed E-state index contributed by atoms with van der Waals surface area (Å²) >= 11 is 0. The molecule has 2 aliphatic heterocycles. The second kappa shape index (κ2) is 10.0. The Balaban J connectivity index is 1.70. The highest BCUT2D eigenvalue weighted by atomic mass is 16.5. The number of methoxy groups -OCH3 is 1. The Bertz CT molecular complexity index is 871. The van der Waals surface area contributed by atoms with Gasteiger partial charge in [-0.25, -0.2) is 4.79 Å². The number of hydrogen-bond donors (Lipinski definition) is 2. The van der Waals surface area contributed by atoms with Crippen LogP contribution in [-0.4, -0.2) is 66.0 Å². The van der Waals surface area contributed by atoms with E-state index in [4.69, 9.17) is 4.74 Å². The largest absolute Gasteiger partial charge is 0.497 e. The van der Waals surface area contributed by atoms with Gasteiger partial charge in [0, 0.05) is 25.2 Å². The monoisotopic (exact) mass is 445 g/mol. The van der Waals surface area contributed by atoms with Gasteiger partial charge in [-0.15, -0.1) is 0 Å². The number of likely N-dealkylation sites (tertiary alicyclic amines) is 1. The van der Waals surface area contributed by atoms with E-state index in [-0.39, 0.29) is 36.6 Å². The smallest absolute Gasteiger partial charge is 0.326 e. The first kappa shape index (κ1) is 23.6. The Hall–Kier alpha value is -3.10. The molecular formula is C23H31N3O6. The lowest BCUT2D eigenvalue weighted by Crippen LogP contribution is -2.55. The lowest BCUT2D eigenvalue weighted by atomic mass is 9.96. The van der Waals surface area contributed by atoms with E-state index in [0.29, 0.717) is 37.2 Å². The number of ether oxygens (including phenoxy) is 1. The number of rotatable bonds is 8. The Morgan fingerprint density at radius 2 is 1.94 bits per heavy atom. The molecule has 0 spiro atoms. The van der Waals surface area contributed by atoms with Gasteiger partial charge < -0.3 is 25.0 Å². The number of carbonyl (C=O) groups is 4. The molecule has 0 aromatic heterocycles. The van der Waals surface area contributed by atoms with E-state index in [1.54, 1.807) is 36.3 Å². The van der Waals surface area contributed by atoms with Crippen LogP contribution in [0.2, 0.25) is 0 Å². The number of carbonyl (C=O) groups excluding carboxylic acids is 3. The molecule has 174 valence electrons. The number of hydrogen-bond acceptors (Lipinski definition) is 5. The summed E-state index contributed by atoms with van der Waals surface area (Å²) in [6, 6.07) is 5.36. The summed E-state index contributed by atoms with van der Waals surface area (Å²) < 4.78 is 5.14. The molecule has 9 nitrogen and oxygen atoms in total. The molecule has 0 bridgehead atoms. The number of aliphatic carboxylic acids is 1. The van der Waals surface area contributed by atoms with Gasteiger partial charge in [-0.2, -0.15) is 0 Å². The molecule has 0 radical (unpaired) electrons. The average Bonchev–Trinajstić information content (AvgIpc) is 3.43. The molecule has 0 saturated carbocycles. The first-order valence-corrected chi connectivity index (χ1v) is 11.0. The lowest BCUT2D eigenvalue weighted by Gasteiger charge is -2.31. The number of benzene rings is 1. The van der Waals surface area contributed by atoms with Crippen LogP contribution < -0.4 is 15.0 Å². The molecule has 4 atom stereocenters. The average molecular weight is 446 g/mol. The highest BCUT2D eigenvalue weighted by Gasteiger charge is 2.41. The predicted molar refractivity (Wildman–Crippen MR) is 117 cm³/mol. The highest BCUT2D eigenvalue weighted by molar-refractivity contribution is 6.01. The van der Waals surface area contributed by atoms with Crippen LogP contribution in [-0.2, 0) is 19.2 Å². The van der Waals surface area contributed by atoms with Crippen molar-refractivity contribution in [2.24, 2.45) is 11.8 Å². The summed E-state index contributed by atoms with van der Waals surface area (Å²) in [7, 11) is 1.56. The summed E-state index contributed by atoms with van der Waals surface area (Å²) in [4.78, 5) is 53.2. The van der Waals surface area contributed by atoms with Crippen molar-refractivity contribution in [2.75, 3.05) is 25.1 Å². The zero-order valence-corrected chi connectivity index (χ0v) is 18.7. The van der Waals surface area contributed by atoms with Crippen molar-refractivity contribution in [3.05, 3.63) is 24.3 Å². The minimum absolute atomic E-state index is 0.0563. The van der Waals surface area contributed by atoms with Gasteiger partial charge in [0.2, 0.25) is 17.7 Å². The summed E-state index contributed by atoms with van der Waals surface area (Å²) in [5.74, 6) is -2.00. The molecule has 3 amide bonds. The van der Waals surface area contributed by atoms with Gasteiger partial charge in [0.05, 0.1) is 13.0 Å². The normalized spacial score (nSPS) is 22.5. The van der Waals surface area contributed by atoms with Crippen LogP contribution in [0.5, 0.6) is 5.75 Å². The van der Waals surface area contributed by atoms with Crippen LogP contribution in [0.15, 0.2) is 24.3 Å². The highest BCUT2D eigenvalue weighted by Crippen LogP contribution is 2.28. The standard InChI is InChI=1S/C23H31N3O6/c1-4-14(2)20(22(29)25-11-5-6-18(25)23(30)31)24-21(28)15-12-19(27)26(13-15)16-7-9-17(32-3)10-8-16/h7-10,14-15,18,20H,4-6,11-13H2,1-3H3,(H,24,28)(H,30,31)/t14?,15?,18-,20-/m0/s1. The molecule has 1 aromatic carbocycles. The van der Waals surface area contributed by atoms with Crippen molar-refractivity contribution in [3.63, 3.8) is 0 Å². The number of nitrogens with one attached hydrogen (secondary N) is 1. The maximum atomic E-state index is 13.2. The number of amides is 3. The van der Waals surface area contributed by atoms with E-state index >= 15 is 0 Å². The molecule has 0 aliphatic carbocycles. The van der Waals surface area contributed by atoms with Crippen LogP contribution in [0.1, 0.15) is 39.5 Å². The van der Waals surface area contributed by atoms with Gasteiger partial charge in [-0.05, 0) is 43.0 Å². The molecule has 2 saturated heterocycles. The topological polar surface area (TPSA) is 116 Å². The Labute approximate surface area is 187 Å². The number of nitrogens with zero attached hydrogens (tertiary/aromatic N) is 2. The quantitative estimate of drug-likeness (QED) is 0.629. The SMILES string of the molecule is CCC(C)[C@H](NC(=O)C1CC(=O)N(c2ccc(OC)cc2)C1)C(=O)N1CCC[C@H]1C(=O)O. The van der Waals surface area contributed by atoms with Crippen molar-refractivity contribution >= 4 is 29.4 Å². The van der Waals surface area contributed by atoms with E-state index in [2.05, 4.69) is 5.32 Å². The summed E-state index contributed by atoms with van der Waals surface area (Å²) in [5.41, 5.74) is 0.682. The van der Waals surface area contributed by atoms with Crippen molar-refractivity contribution in [3.8, 4) is 5.75 Å². The number of anilines is 1. The minimum Gasteiger partial charge on any atom is -0.497 e. The second-order valence-electron chi connectivity index (χ2n) is 8.50. The minimum atomic E-state index is -1.03. The fourth-order valence-corrected chi connectivity index (χ4v) is 4.31. The predicted octanol–water partition coefficient (Wildman–Crippen LogP) is 1.65. The number of carboxylic acids is 1. The zero-order chi connectivity index (χ0) is 23.4. The van der Waals surface area contributed by atoms with Crippen LogP contribution >= 0.6 is 0 Å². The van der Waals surface area contributed by atoms with Gasteiger partial charge in [0.25, 0.3) is 0 Å². The van der Waals surface area contributed by atoms with Crippen molar-refractivity contribution < 1.29 is 29.0 Å². The van der Waals surface area contributed by atoms with Gasteiger partial charge in [0.15, 0.2) is 0 Å². The third-order valence-corrected chi connectivity index (χ3v) is 6.48. The fraction of sp³-hybridized carbons (Fsp3) is 0.565. The first-order chi connectivity index (χ1) is 15.3. The molecule has 1 aromatic rings. The molecule has 32 heavy (non-hydrogen) atoms. The first-order valence-electron chi connectivity index (χ1n) is 11.0. The van der Waals surface area contributed by atoms with E-state index < -0.39 is 24.0 Å². The fourth-order valence-electron chi connectivity index (χ4n) is 4.31. The second-order valence-corrected chi connectivity index (χ2v) is 8.50. The molecule has 2 heterocycles. The third kappa shape index (κ3) is 4.87. The van der Waals surface area contributed by atoms with Gasteiger partial charge in [-0.1, -0.05) is 20.3 Å². The Kier molecular flexibility index (Phi) is 7.37. The summed E-state index contributed by atoms with van der Waals surface area (Å²) in [6.45, 7) is 4.37. The number of carboxylic acid groups (broad SMARTS) is 1. The lowest BCUT2D eigenvalue weighted by molar-refractivity contribution is -0.150. The van der Waals surface area contributed by atoms with E-state index in [1.807, 2.05) is 13.8 Å². The van der Waals surface area contributed by atoms with Crippen LogP contribution in [0.3, 0.4) is 0 Å². The summed E-state index contributed by atoms with van der Waals surface area (Å²) in [6.07, 6.45) is 1.73. The van der Waals surface area contributed by atoms with Crippen LogP contribution in [0, 0.1) is 11.8 Å². The molecular weight excluding hydrogens is 414 g/mol. The van der Waals surface area contributed by atoms with Gasteiger partial charge >= 0.3 is 5.97 Å². The third-order valence-electron chi connectivity index (χ3n) is 6.48. The van der Waals surface area contributed by atoms with Gasteiger partial charge in [-0.3, -0.25) is 14.4 Å². The molecule has 9 heteroatoms. The maximum Gasteiger partial charge on any atom is 0.326 e. The van der Waals surface area contributed by atoms with Crippen molar-refractivity contribution in [1.29, 1.82) is 0 Å². The van der Waals surface area contributed by atoms with E-state index in [1.165, 1.54) is 4.90 Å². The summed E-state index contributed by atoms with van der Waals surface area (Å²) in [5, 5.41) is 12.3. The maximum absolute atomic E-state index is 13.2. The van der Waals surface area contributed by atoms with Crippen molar-refractivity contribution in [2.45, 2.75) is 51.6 Å². The molecule has 2 unspecified atom stereocenters. The zero-order valence-electron chi connectivity index (χ0n) is 18.7. The molecule has 2 fully saturated rings. The van der Waals surface area contributed by atoms with Crippen molar-refractivity contribution in [1.82, 2.24) is 10.2 Å². The van der Waals surface area contributed by atoms with Gasteiger partial charge in [0.1, 0.15) is 17.8 Å². The van der Waals surface area contributed by atoms with E-state index in [9.17, 15) is 24.3 Å². The Morgan fingerprint density at radius 1 is 1.25 bits per heavy atom. The molecule has 2 aliphatic rings.